The van der Waals surface area contributed by atoms with Crippen LogP contribution in [0.5, 0.6) is 0 Å². The first-order valence-corrected chi connectivity index (χ1v) is 6.71. The molecule has 1 aliphatic heterocycles. The van der Waals surface area contributed by atoms with E-state index in [0.29, 0.717) is 12.1 Å². The summed E-state index contributed by atoms with van der Waals surface area (Å²) in [6, 6.07) is 0.365. The number of imidazole rings is 1. The van der Waals surface area contributed by atoms with E-state index in [2.05, 4.69) is 28.7 Å². The lowest BCUT2D eigenvalue weighted by Crippen LogP contribution is -2.22. The van der Waals surface area contributed by atoms with E-state index in [9.17, 15) is 0 Å². The summed E-state index contributed by atoms with van der Waals surface area (Å²) < 4.78 is 7.94. The number of anilines is 1. The van der Waals surface area contributed by atoms with Gasteiger partial charge in [-0.1, -0.05) is 13.3 Å². The normalized spacial score (nSPS) is 21.6. The van der Waals surface area contributed by atoms with Crippen LogP contribution in [0, 0.1) is 0 Å². The van der Waals surface area contributed by atoms with Crippen molar-refractivity contribution in [2.75, 3.05) is 18.5 Å². The Morgan fingerprint density at radius 1 is 1.65 bits per heavy atom. The first kappa shape index (κ1) is 12.4. The van der Waals surface area contributed by atoms with Crippen molar-refractivity contribution < 1.29 is 4.74 Å². The SMILES string of the molecule is CCCCNc1nccn1C(C)C1CCCO1. The Kier molecular flexibility index (Phi) is 4.42. The maximum atomic E-state index is 5.74. The first-order valence-electron chi connectivity index (χ1n) is 6.71. The van der Waals surface area contributed by atoms with Gasteiger partial charge in [-0.3, -0.25) is 0 Å². The third kappa shape index (κ3) is 3.00. The molecule has 0 aromatic carbocycles. The number of nitrogens with zero attached hydrogens (tertiary/aromatic N) is 2. The largest absolute Gasteiger partial charge is 0.376 e. The predicted molar refractivity (Wildman–Crippen MR) is 69.3 cm³/mol. The molecule has 1 fully saturated rings. The summed E-state index contributed by atoms with van der Waals surface area (Å²) >= 11 is 0. The second-order valence-corrected chi connectivity index (χ2v) is 4.73. The molecule has 0 aliphatic carbocycles. The Morgan fingerprint density at radius 3 is 3.24 bits per heavy atom. The van der Waals surface area contributed by atoms with E-state index in [1.807, 2.05) is 12.4 Å². The number of nitrogens with one attached hydrogen (secondary N) is 1. The summed E-state index contributed by atoms with van der Waals surface area (Å²) in [4.78, 5) is 4.38. The van der Waals surface area contributed by atoms with E-state index >= 15 is 0 Å². The third-order valence-electron chi connectivity index (χ3n) is 3.42. The minimum Gasteiger partial charge on any atom is -0.376 e. The van der Waals surface area contributed by atoms with Gasteiger partial charge in [0, 0.05) is 25.5 Å². The molecule has 4 nitrogen and oxygen atoms in total. The lowest BCUT2D eigenvalue weighted by Gasteiger charge is -2.22. The highest BCUT2D eigenvalue weighted by Gasteiger charge is 2.24. The van der Waals surface area contributed by atoms with Crippen molar-refractivity contribution in [3.63, 3.8) is 0 Å². The summed E-state index contributed by atoms with van der Waals surface area (Å²) in [5.74, 6) is 0.974. The van der Waals surface area contributed by atoms with E-state index in [1.54, 1.807) is 0 Å². The van der Waals surface area contributed by atoms with Gasteiger partial charge in [0.25, 0.3) is 0 Å². The molecule has 0 radical (unpaired) electrons. The second kappa shape index (κ2) is 6.05. The molecule has 1 aromatic rings. The van der Waals surface area contributed by atoms with Crippen molar-refractivity contribution >= 4 is 5.95 Å². The molecule has 2 heterocycles. The molecule has 2 atom stereocenters. The third-order valence-corrected chi connectivity index (χ3v) is 3.42. The quantitative estimate of drug-likeness (QED) is 0.773. The van der Waals surface area contributed by atoms with Crippen molar-refractivity contribution in [3.8, 4) is 0 Å². The molecule has 2 unspecified atom stereocenters. The highest BCUT2D eigenvalue weighted by atomic mass is 16.5. The monoisotopic (exact) mass is 237 g/mol. The maximum Gasteiger partial charge on any atom is 0.203 e. The lowest BCUT2D eigenvalue weighted by atomic mass is 10.1. The van der Waals surface area contributed by atoms with E-state index in [4.69, 9.17) is 4.74 Å². The fraction of sp³-hybridized carbons (Fsp3) is 0.769. The first-order chi connectivity index (χ1) is 8.33. The molecule has 1 aromatic heterocycles. The molecule has 1 saturated heterocycles. The van der Waals surface area contributed by atoms with Crippen LogP contribution in [0.1, 0.15) is 45.6 Å². The van der Waals surface area contributed by atoms with E-state index in [0.717, 1.165) is 25.5 Å². The number of ether oxygens (including phenoxy) is 1. The Labute approximate surface area is 103 Å². The minimum atomic E-state index is 0.343. The number of rotatable bonds is 6. The Hall–Kier alpha value is -1.03. The van der Waals surface area contributed by atoms with Crippen LogP contribution in [-0.2, 0) is 4.74 Å². The number of hydrogen-bond donors (Lipinski definition) is 1. The van der Waals surface area contributed by atoms with Gasteiger partial charge >= 0.3 is 0 Å². The molecule has 0 saturated carbocycles. The van der Waals surface area contributed by atoms with E-state index in [1.165, 1.54) is 19.3 Å². The van der Waals surface area contributed by atoms with Crippen LogP contribution in [0.2, 0.25) is 0 Å². The summed E-state index contributed by atoms with van der Waals surface area (Å²) in [5.41, 5.74) is 0. The van der Waals surface area contributed by atoms with Gasteiger partial charge in [0.2, 0.25) is 5.95 Å². The number of hydrogen-bond acceptors (Lipinski definition) is 3. The standard InChI is InChI=1S/C13H23N3O/c1-3-4-7-14-13-15-8-9-16(13)11(2)12-6-5-10-17-12/h8-9,11-12H,3-7,10H2,1-2H3,(H,14,15). The topological polar surface area (TPSA) is 39.1 Å². The molecule has 1 aliphatic rings. The zero-order valence-corrected chi connectivity index (χ0v) is 10.9. The minimum absolute atomic E-state index is 0.343. The molecule has 17 heavy (non-hydrogen) atoms. The molecule has 0 bridgehead atoms. The van der Waals surface area contributed by atoms with Crippen molar-refractivity contribution in [3.05, 3.63) is 12.4 Å². The zero-order chi connectivity index (χ0) is 12.1. The van der Waals surface area contributed by atoms with Crippen molar-refractivity contribution in [2.24, 2.45) is 0 Å². The van der Waals surface area contributed by atoms with Gasteiger partial charge in [0.1, 0.15) is 0 Å². The fourth-order valence-electron chi connectivity index (χ4n) is 2.32. The molecular weight excluding hydrogens is 214 g/mol. The highest BCUT2D eigenvalue weighted by Crippen LogP contribution is 2.26. The van der Waals surface area contributed by atoms with Gasteiger partial charge in [0.15, 0.2) is 0 Å². The van der Waals surface area contributed by atoms with Gasteiger partial charge in [-0.05, 0) is 26.2 Å². The Bertz CT molecular complexity index is 331. The highest BCUT2D eigenvalue weighted by molar-refractivity contribution is 5.26. The smallest absolute Gasteiger partial charge is 0.203 e. The molecule has 4 heteroatoms. The van der Waals surface area contributed by atoms with Gasteiger partial charge in [-0.2, -0.15) is 0 Å². The molecule has 1 N–H and O–H groups in total. The zero-order valence-electron chi connectivity index (χ0n) is 10.9. The van der Waals surface area contributed by atoms with Crippen LogP contribution in [0.15, 0.2) is 12.4 Å². The number of aromatic nitrogens is 2. The molecule has 96 valence electrons. The summed E-state index contributed by atoms with van der Waals surface area (Å²) in [5, 5.41) is 3.39. The van der Waals surface area contributed by atoms with Crippen LogP contribution in [0.25, 0.3) is 0 Å². The fourth-order valence-corrected chi connectivity index (χ4v) is 2.32. The average molecular weight is 237 g/mol. The van der Waals surface area contributed by atoms with Gasteiger partial charge in [-0.25, -0.2) is 4.98 Å². The summed E-state index contributed by atoms with van der Waals surface area (Å²) in [6.07, 6.45) is 8.97. The van der Waals surface area contributed by atoms with Crippen LogP contribution in [0.4, 0.5) is 5.95 Å². The van der Waals surface area contributed by atoms with Crippen molar-refractivity contribution in [2.45, 2.75) is 51.7 Å². The van der Waals surface area contributed by atoms with Crippen LogP contribution in [-0.4, -0.2) is 28.8 Å². The Balaban J connectivity index is 1.96. The van der Waals surface area contributed by atoms with Gasteiger partial charge in [-0.15, -0.1) is 0 Å². The number of unbranched alkanes of at least 4 members (excludes halogenated alkanes) is 1. The van der Waals surface area contributed by atoms with Crippen molar-refractivity contribution in [1.82, 2.24) is 9.55 Å². The Morgan fingerprint density at radius 2 is 2.53 bits per heavy atom. The van der Waals surface area contributed by atoms with Gasteiger partial charge in [0.05, 0.1) is 12.1 Å². The molecule has 0 spiro atoms. The van der Waals surface area contributed by atoms with Crippen LogP contribution in [0.3, 0.4) is 0 Å². The second-order valence-electron chi connectivity index (χ2n) is 4.73. The van der Waals surface area contributed by atoms with Gasteiger partial charge < -0.3 is 14.6 Å². The maximum absolute atomic E-state index is 5.74. The lowest BCUT2D eigenvalue weighted by molar-refractivity contribution is 0.0738. The van der Waals surface area contributed by atoms with E-state index in [-0.39, 0.29) is 0 Å². The van der Waals surface area contributed by atoms with Crippen LogP contribution >= 0.6 is 0 Å². The average Bonchev–Trinajstić information content (AvgIpc) is 3.00. The molecule has 2 rings (SSSR count). The van der Waals surface area contributed by atoms with E-state index < -0.39 is 0 Å². The predicted octanol–water partition coefficient (Wildman–Crippen LogP) is 2.84. The van der Waals surface area contributed by atoms with Crippen LogP contribution < -0.4 is 5.32 Å². The molecular formula is C13H23N3O. The van der Waals surface area contributed by atoms with Crippen molar-refractivity contribution in [1.29, 1.82) is 0 Å². The summed E-state index contributed by atoms with van der Waals surface area (Å²) in [7, 11) is 0. The summed E-state index contributed by atoms with van der Waals surface area (Å²) in [6.45, 7) is 6.31. The molecule has 0 amide bonds.